The molecule has 0 bridgehead atoms. The maximum Gasteiger partial charge on any atom is 0.132 e. The van der Waals surface area contributed by atoms with E-state index in [-0.39, 0.29) is 11.1 Å². The summed E-state index contributed by atoms with van der Waals surface area (Å²) in [7, 11) is 0. The van der Waals surface area contributed by atoms with Gasteiger partial charge in [0.25, 0.3) is 0 Å². The molecule has 0 N–H and O–H groups in total. The molecule has 0 aliphatic heterocycles. The van der Waals surface area contributed by atoms with Crippen LogP contribution in [0.2, 0.25) is 5.02 Å². The molecule has 0 heterocycles. The zero-order valence-corrected chi connectivity index (χ0v) is 9.35. The van der Waals surface area contributed by atoms with Gasteiger partial charge in [-0.25, -0.2) is 8.78 Å². The summed E-state index contributed by atoms with van der Waals surface area (Å²) in [6.07, 6.45) is 0. The summed E-state index contributed by atoms with van der Waals surface area (Å²) in [6.45, 7) is 1.74. The Labute approximate surface area is 97.5 Å². The van der Waals surface area contributed by atoms with Crippen LogP contribution in [0.15, 0.2) is 36.4 Å². The second-order valence-corrected chi connectivity index (χ2v) is 3.99. The second kappa shape index (κ2) is 4.22. The van der Waals surface area contributed by atoms with Crippen molar-refractivity contribution in [2.75, 3.05) is 0 Å². The lowest BCUT2D eigenvalue weighted by Gasteiger charge is -2.08. The van der Waals surface area contributed by atoms with Gasteiger partial charge >= 0.3 is 0 Å². The third kappa shape index (κ3) is 1.93. The van der Waals surface area contributed by atoms with Gasteiger partial charge in [0.2, 0.25) is 0 Å². The van der Waals surface area contributed by atoms with Crippen LogP contribution in [0.4, 0.5) is 8.78 Å². The average molecular weight is 239 g/mol. The van der Waals surface area contributed by atoms with Crippen molar-refractivity contribution in [1.29, 1.82) is 0 Å². The molecule has 2 aromatic carbocycles. The smallest absolute Gasteiger partial charge is 0.132 e. The van der Waals surface area contributed by atoms with E-state index in [0.717, 1.165) is 0 Å². The normalized spacial score (nSPS) is 10.5. The summed E-state index contributed by atoms with van der Waals surface area (Å²) in [6, 6.07) is 8.88. The van der Waals surface area contributed by atoms with Crippen LogP contribution < -0.4 is 0 Å². The number of hydrogen-bond donors (Lipinski definition) is 0. The van der Waals surface area contributed by atoms with Crippen molar-refractivity contribution in [3.63, 3.8) is 0 Å². The number of halogens is 3. The molecule has 0 spiro atoms. The average Bonchev–Trinajstić information content (AvgIpc) is 2.20. The standard InChI is InChI=1S/C13H9ClF2/c1-8-3-2-4-11(15)13(8)10-6-5-9(14)7-12(10)16/h2-7H,1H3. The van der Waals surface area contributed by atoms with Crippen molar-refractivity contribution >= 4 is 11.6 Å². The molecule has 0 unspecified atom stereocenters. The summed E-state index contributed by atoms with van der Waals surface area (Å²) < 4.78 is 27.3. The van der Waals surface area contributed by atoms with Gasteiger partial charge in [0.15, 0.2) is 0 Å². The molecule has 0 radical (unpaired) electrons. The first-order valence-corrected chi connectivity index (χ1v) is 5.18. The fourth-order valence-electron chi connectivity index (χ4n) is 1.67. The third-order valence-electron chi connectivity index (χ3n) is 2.42. The molecule has 0 aliphatic carbocycles. The Hall–Kier alpha value is -1.41. The van der Waals surface area contributed by atoms with Gasteiger partial charge in [0, 0.05) is 16.1 Å². The highest BCUT2D eigenvalue weighted by Gasteiger charge is 2.12. The lowest BCUT2D eigenvalue weighted by molar-refractivity contribution is 0.615. The van der Waals surface area contributed by atoms with E-state index in [1.54, 1.807) is 25.1 Å². The zero-order chi connectivity index (χ0) is 11.7. The van der Waals surface area contributed by atoms with Crippen molar-refractivity contribution in [2.45, 2.75) is 6.92 Å². The molecule has 2 rings (SSSR count). The quantitative estimate of drug-likeness (QED) is 0.682. The van der Waals surface area contributed by atoms with Crippen molar-refractivity contribution < 1.29 is 8.78 Å². The van der Waals surface area contributed by atoms with E-state index < -0.39 is 11.6 Å². The molecular formula is C13H9ClF2. The SMILES string of the molecule is Cc1cccc(F)c1-c1ccc(Cl)cc1F. The lowest BCUT2D eigenvalue weighted by Crippen LogP contribution is -1.91. The van der Waals surface area contributed by atoms with Crippen molar-refractivity contribution in [2.24, 2.45) is 0 Å². The maximum absolute atomic E-state index is 13.6. The minimum atomic E-state index is -0.513. The number of hydrogen-bond acceptors (Lipinski definition) is 0. The molecule has 0 saturated heterocycles. The predicted octanol–water partition coefficient (Wildman–Crippen LogP) is 4.59. The Balaban J connectivity index is 2.68. The van der Waals surface area contributed by atoms with Gasteiger partial charge in [0.1, 0.15) is 11.6 Å². The molecule has 16 heavy (non-hydrogen) atoms. The van der Waals surface area contributed by atoms with Crippen LogP contribution in [0.25, 0.3) is 11.1 Å². The van der Waals surface area contributed by atoms with Gasteiger partial charge in [0.05, 0.1) is 0 Å². The monoisotopic (exact) mass is 238 g/mol. The Morgan fingerprint density at radius 1 is 1.00 bits per heavy atom. The molecular weight excluding hydrogens is 230 g/mol. The van der Waals surface area contributed by atoms with E-state index >= 15 is 0 Å². The fourth-order valence-corrected chi connectivity index (χ4v) is 1.82. The number of benzene rings is 2. The summed E-state index contributed by atoms with van der Waals surface area (Å²) in [5.41, 5.74) is 1.22. The van der Waals surface area contributed by atoms with Gasteiger partial charge < -0.3 is 0 Å². The molecule has 2 aromatic rings. The van der Waals surface area contributed by atoms with E-state index in [2.05, 4.69) is 0 Å². The Kier molecular flexibility index (Phi) is 2.92. The Morgan fingerprint density at radius 2 is 1.75 bits per heavy atom. The first kappa shape index (κ1) is 11.1. The van der Waals surface area contributed by atoms with Crippen LogP contribution in [-0.4, -0.2) is 0 Å². The molecule has 0 nitrogen and oxygen atoms in total. The molecule has 82 valence electrons. The van der Waals surface area contributed by atoms with Crippen LogP contribution in [0.3, 0.4) is 0 Å². The molecule has 0 fully saturated rings. The van der Waals surface area contributed by atoms with Crippen LogP contribution in [-0.2, 0) is 0 Å². The van der Waals surface area contributed by atoms with E-state index in [0.29, 0.717) is 10.6 Å². The molecule has 0 atom stereocenters. The van der Waals surface area contributed by atoms with E-state index in [1.807, 2.05) is 0 Å². The minimum absolute atomic E-state index is 0.236. The summed E-state index contributed by atoms with van der Waals surface area (Å²) in [4.78, 5) is 0. The lowest BCUT2D eigenvalue weighted by atomic mass is 9.99. The highest BCUT2D eigenvalue weighted by Crippen LogP contribution is 2.30. The summed E-state index contributed by atoms with van der Waals surface area (Å²) >= 11 is 5.65. The zero-order valence-electron chi connectivity index (χ0n) is 8.60. The van der Waals surface area contributed by atoms with Gasteiger partial charge in [-0.2, -0.15) is 0 Å². The predicted molar refractivity (Wildman–Crippen MR) is 61.5 cm³/mol. The van der Waals surface area contributed by atoms with Gasteiger partial charge in [-0.05, 0) is 36.8 Å². The Bertz CT molecular complexity index is 515. The third-order valence-corrected chi connectivity index (χ3v) is 2.66. The van der Waals surface area contributed by atoms with Crippen LogP contribution in [0.5, 0.6) is 0 Å². The van der Waals surface area contributed by atoms with Crippen molar-refractivity contribution in [1.82, 2.24) is 0 Å². The van der Waals surface area contributed by atoms with Gasteiger partial charge in [-0.1, -0.05) is 23.7 Å². The fraction of sp³-hybridized carbons (Fsp3) is 0.0769. The van der Waals surface area contributed by atoms with E-state index in [1.165, 1.54) is 18.2 Å². The minimum Gasteiger partial charge on any atom is -0.206 e. The topological polar surface area (TPSA) is 0 Å². The summed E-state index contributed by atoms with van der Waals surface area (Å²) in [5.74, 6) is -0.943. The van der Waals surface area contributed by atoms with Crippen LogP contribution >= 0.6 is 11.6 Å². The number of rotatable bonds is 1. The maximum atomic E-state index is 13.6. The van der Waals surface area contributed by atoms with Gasteiger partial charge in [-0.3, -0.25) is 0 Å². The molecule has 0 saturated carbocycles. The Morgan fingerprint density at radius 3 is 2.38 bits per heavy atom. The van der Waals surface area contributed by atoms with E-state index in [9.17, 15) is 8.78 Å². The van der Waals surface area contributed by atoms with Crippen molar-refractivity contribution in [3.05, 3.63) is 58.6 Å². The first-order valence-electron chi connectivity index (χ1n) is 4.80. The summed E-state index contributed by atoms with van der Waals surface area (Å²) in [5, 5.41) is 0.301. The van der Waals surface area contributed by atoms with Crippen LogP contribution in [0.1, 0.15) is 5.56 Å². The van der Waals surface area contributed by atoms with E-state index in [4.69, 9.17) is 11.6 Å². The van der Waals surface area contributed by atoms with Crippen molar-refractivity contribution in [3.8, 4) is 11.1 Å². The molecule has 0 amide bonds. The first-order chi connectivity index (χ1) is 7.59. The van der Waals surface area contributed by atoms with Crippen LogP contribution in [0, 0.1) is 18.6 Å². The highest BCUT2D eigenvalue weighted by molar-refractivity contribution is 6.30. The number of aryl methyl sites for hydroxylation is 1. The second-order valence-electron chi connectivity index (χ2n) is 3.56. The molecule has 0 aromatic heterocycles. The highest BCUT2D eigenvalue weighted by atomic mass is 35.5. The molecule has 0 aliphatic rings. The largest absolute Gasteiger partial charge is 0.206 e. The van der Waals surface area contributed by atoms with Gasteiger partial charge in [-0.15, -0.1) is 0 Å². The molecule has 3 heteroatoms.